The van der Waals surface area contributed by atoms with E-state index in [2.05, 4.69) is 12.5 Å². The Kier molecular flexibility index (Phi) is 6.87. The van der Waals surface area contributed by atoms with Gasteiger partial charge in [0.05, 0.1) is 0 Å². The van der Waals surface area contributed by atoms with Crippen molar-refractivity contribution in [3.63, 3.8) is 0 Å². The molecule has 8 heavy (non-hydrogen) atoms. The molecule has 0 bridgehead atoms. The average molecular weight is 171 g/mol. The van der Waals surface area contributed by atoms with Gasteiger partial charge in [-0.05, 0) is 12.5 Å². The van der Waals surface area contributed by atoms with Crippen LogP contribution in [0.1, 0.15) is 0 Å². The lowest BCUT2D eigenvalue weighted by Gasteiger charge is -2.06. The molecule has 0 aliphatic rings. The van der Waals surface area contributed by atoms with E-state index in [9.17, 15) is 0 Å². The highest BCUT2D eigenvalue weighted by atomic mass is 35.5. The molecule has 0 aromatic heterocycles. The first-order valence-corrected chi connectivity index (χ1v) is 5.64. The maximum atomic E-state index is 5.61. The third-order valence-corrected chi connectivity index (χ3v) is 3.36. The molecule has 0 aromatic rings. The van der Waals surface area contributed by atoms with Crippen molar-refractivity contribution in [3.8, 4) is 0 Å². The Morgan fingerprint density at radius 1 is 1.50 bits per heavy atom. The first-order valence-electron chi connectivity index (χ1n) is 2.42. The summed E-state index contributed by atoms with van der Waals surface area (Å²) in [7, 11) is 0. The molecule has 0 rings (SSSR count). The summed E-state index contributed by atoms with van der Waals surface area (Å²) in [5, 5.41) is 0.645. The van der Waals surface area contributed by atoms with Crippen LogP contribution >= 0.6 is 35.1 Å². The van der Waals surface area contributed by atoms with Crippen LogP contribution in [-0.2, 0) is 0 Å². The fourth-order valence-corrected chi connectivity index (χ4v) is 2.55. The molecular formula is C5H11ClS2. The Bertz CT molecular complexity index is 45.7. The van der Waals surface area contributed by atoms with Gasteiger partial charge in [0.2, 0.25) is 0 Å². The van der Waals surface area contributed by atoms with Crippen molar-refractivity contribution in [2.24, 2.45) is 0 Å². The number of alkyl halides is 1. The third-order valence-electron chi connectivity index (χ3n) is 0.858. The lowest BCUT2D eigenvalue weighted by molar-refractivity contribution is 1.15. The van der Waals surface area contributed by atoms with Crippen molar-refractivity contribution >= 4 is 35.1 Å². The molecule has 0 heterocycles. The number of rotatable bonds is 4. The van der Waals surface area contributed by atoms with Crippen LogP contribution < -0.4 is 0 Å². The smallest absolute Gasteiger partial charge is 0.0350 e. The minimum atomic E-state index is 0.645. The fraction of sp³-hybridized carbons (Fsp3) is 1.00. The Morgan fingerprint density at radius 3 is 2.25 bits per heavy atom. The van der Waals surface area contributed by atoms with Crippen molar-refractivity contribution in [1.29, 1.82) is 0 Å². The fourth-order valence-electron chi connectivity index (χ4n) is 0.361. The molecule has 0 aromatic carbocycles. The molecule has 0 saturated heterocycles. The second kappa shape index (κ2) is 6.12. The summed E-state index contributed by atoms with van der Waals surface area (Å²) in [4.78, 5) is 0. The van der Waals surface area contributed by atoms with E-state index in [0.717, 1.165) is 5.88 Å². The molecular weight excluding hydrogens is 160 g/mol. The molecule has 3 heteroatoms. The summed E-state index contributed by atoms with van der Waals surface area (Å²) in [6, 6.07) is 0. The van der Waals surface area contributed by atoms with Gasteiger partial charge in [-0.2, -0.15) is 23.5 Å². The zero-order valence-electron chi connectivity index (χ0n) is 5.19. The van der Waals surface area contributed by atoms with Crippen molar-refractivity contribution in [2.75, 3.05) is 24.1 Å². The van der Waals surface area contributed by atoms with E-state index in [1.54, 1.807) is 0 Å². The van der Waals surface area contributed by atoms with Gasteiger partial charge in [0.1, 0.15) is 0 Å². The van der Waals surface area contributed by atoms with Gasteiger partial charge in [0, 0.05) is 16.9 Å². The van der Waals surface area contributed by atoms with Crippen LogP contribution in [0.3, 0.4) is 0 Å². The second-order valence-corrected chi connectivity index (χ2v) is 3.82. The quantitative estimate of drug-likeness (QED) is 0.595. The average Bonchev–Trinajstić information content (AvgIpc) is 1.83. The topological polar surface area (TPSA) is 0 Å². The third kappa shape index (κ3) is 3.93. The predicted molar refractivity (Wildman–Crippen MR) is 46.4 cm³/mol. The number of halogens is 1. The molecule has 0 spiro atoms. The zero-order valence-corrected chi connectivity index (χ0v) is 7.57. The summed E-state index contributed by atoms with van der Waals surface area (Å²) in [5.74, 6) is 1.95. The van der Waals surface area contributed by atoms with Crippen molar-refractivity contribution in [2.45, 2.75) is 5.25 Å². The van der Waals surface area contributed by atoms with E-state index in [-0.39, 0.29) is 0 Å². The molecule has 1 atom stereocenters. The van der Waals surface area contributed by atoms with Crippen molar-refractivity contribution in [1.82, 2.24) is 0 Å². The molecule has 0 fully saturated rings. The van der Waals surface area contributed by atoms with Crippen LogP contribution in [0, 0.1) is 0 Å². The van der Waals surface area contributed by atoms with E-state index in [4.69, 9.17) is 11.6 Å². The lowest BCUT2D eigenvalue weighted by atomic mass is 10.6. The monoisotopic (exact) mass is 170 g/mol. The summed E-state index contributed by atoms with van der Waals surface area (Å²) >= 11 is 9.31. The minimum absolute atomic E-state index is 0.645. The number of hydrogen-bond acceptors (Lipinski definition) is 2. The van der Waals surface area contributed by atoms with E-state index in [0.29, 0.717) is 5.25 Å². The van der Waals surface area contributed by atoms with Gasteiger partial charge in [-0.25, -0.2) is 0 Å². The van der Waals surface area contributed by atoms with Crippen molar-refractivity contribution < 1.29 is 0 Å². The highest BCUT2D eigenvalue weighted by Gasteiger charge is 2.01. The predicted octanol–water partition coefficient (Wildman–Crippen LogP) is 2.32. The zero-order chi connectivity index (χ0) is 6.41. The molecule has 50 valence electrons. The second-order valence-electron chi connectivity index (χ2n) is 1.47. The van der Waals surface area contributed by atoms with E-state index < -0.39 is 0 Å². The molecule has 1 unspecified atom stereocenters. The van der Waals surface area contributed by atoms with E-state index in [1.807, 2.05) is 23.5 Å². The summed E-state index contributed by atoms with van der Waals surface area (Å²) in [6.07, 6.45) is 4.21. The maximum Gasteiger partial charge on any atom is 0.0350 e. The number of hydrogen-bond donors (Lipinski definition) is 0. The van der Waals surface area contributed by atoms with Gasteiger partial charge in [-0.1, -0.05) is 0 Å². The van der Waals surface area contributed by atoms with Gasteiger partial charge in [-0.15, -0.1) is 11.6 Å². The molecule has 0 nitrogen and oxygen atoms in total. The molecule has 0 aliphatic carbocycles. The van der Waals surface area contributed by atoms with Crippen LogP contribution in [0.2, 0.25) is 0 Å². The first kappa shape index (κ1) is 8.99. The van der Waals surface area contributed by atoms with Gasteiger partial charge in [0.25, 0.3) is 0 Å². The number of thioether (sulfide) groups is 2. The van der Waals surface area contributed by atoms with Gasteiger partial charge < -0.3 is 0 Å². The van der Waals surface area contributed by atoms with Gasteiger partial charge in [-0.3, -0.25) is 0 Å². The molecule has 0 amide bonds. The standard InChI is InChI=1S/C5H11ClS2/c1-7-4-5(3-6)8-2/h5H,3-4H2,1-2H3. The molecule has 0 aliphatic heterocycles. The van der Waals surface area contributed by atoms with Crippen molar-refractivity contribution in [3.05, 3.63) is 0 Å². The van der Waals surface area contributed by atoms with Crippen LogP contribution in [0.25, 0.3) is 0 Å². The summed E-state index contributed by atoms with van der Waals surface area (Å²) in [6.45, 7) is 0. The van der Waals surface area contributed by atoms with Crippen LogP contribution in [-0.4, -0.2) is 29.4 Å². The van der Waals surface area contributed by atoms with E-state index in [1.165, 1.54) is 5.75 Å². The summed E-state index contributed by atoms with van der Waals surface area (Å²) < 4.78 is 0. The van der Waals surface area contributed by atoms with E-state index >= 15 is 0 Å². The van der Waals surface area contributed by atoms with Crippen LogP contribution in [0.4, 0.5) is 0 Å². The Morgan fingerprint density at radius 2 is 2.12 bits per heavy atom. The molecule has 0 N–H and O–H groups in total. The summed E-state index contributed by atoms with van der Waals surface area (Å²) in [5.41, 5.74) is 0. The molecule has 0 saturated carbocycles. The SMILES string of the molecule is CSCC(CCl)SC. The highest BCUT2D eigenvalue weighted by molar-refractivity contribution is 8.02. The largest absolute Gasteiger partial charge is 0.164 e. The van der Waals surface area contributed by atoms with Gasteiger partial charge >= 0.3 is 0 Å². The Hall–Kier alpha value is 0.990. The highest BCUT2D eigenvalue weighted by Crippen LogP contribution is 2.12. The van der Waals surface area contributed by atoms with Gasteiger partial charge in [0.15, 0.2) is 0 Å². The Labute approximate surface area is 64.7 Å². The normalized spacial score (nSPS) is 13.9. The lowest BCUT2D eigenvalue weighted by Crippen LogP contribution is -2.06. The minimum Gasteiger partial charge on any atom is -0.164 e. The van der Waals surface area contributed by atoms with Crippen LogP contribution in [0.15, 0.2) is 0 Å². The molecule has 0 radical (unpaired) electrons. The first-order chi connectivity index (χ1) is 3.85. The Balaban J connectivity index is 3.07. The van der Waals surface area contributed by atoms with Crippen LogP contribution in [0.5, 0.6) is 0 Å². The maximum absolute atomic E-state index is 5.61.